The molecule has 3 heterocycles. The van der Waals surface area contributed by atoms with Crippen LogP contribution in [0.4, 0.5) is 11.4 Å². The minimum absolute atomic E-state index is 0.114. The van der Waals surface area contributed by atoms with Gasteiger partial charge in [-0.2, -0.15) is 0 Å². The number of anilines is 2. The molecule has 10 nitrogen and oxygen atoms in total. The third-order valence-electron chi connectivity index (χ3n) is 6.16. The Labute approximate surface area is 187 Å². The average molecular weight is 454 g/mol. The second-order valence-corrected chi connectivity index (χ2v) is 9.43. The molecule has 0 spiro atoms. The summed E-state index contributed by atoms with van der Waals surface area (Å²) in [5.74, 6) is -1.12. The molecule has 2 aliphatic heterocycles. The molecule has 1 aromatic rings. The van der Waals surface area contributed by atoms with Gasteiger partial charge in [-0.1, -0.05) is 5.18 Å². The Morgan fingerprint density at radius 1 is 1.39 bits per heavy atom. The van der Waals surface area contributed by atoms with Crippen molar-refractivity contribution in [3.05, 3.63) is 23.4 Å². The van der Waals surface area contributed by atoms with Crippen LogP contribution < -0.4 is 26.6 Å². The van der Waals surface area contributed by atoms with Gasteiger partial charge in [0, 0.05) is 32.4 Å². The van der Waals surface area contributed by atoms with Crippen molar-refractivity contribution < 1.29 is 9.90 Å². The predicted octanol–water partition coefficient (Wildman–Crippen LogP) is 0.801. The number of hydrogen-bond donors (Lipinski definition) is 5. The van der Waals surface area contributed by atoms with E-state index in [9.17, 15) is 14.8 Å². The number of nitroso groups, excluding NO2 is 1. The van der Waals surface area contributed by atoms with Crippen LogP contribution in [0.15, 0.2) is 23.6 Å². The molecule has 0 aliphatic carbocycles. The van der Waals surface area contributed by atoms with Crippen molar-refractivity contribution in [3.8, 4) is 0 Å². The number of piperidine rings is 1. The van der Waals surface area contributed by atoms with Crippen molar-refractivity contribution in [3.63, 3.8) is 0 Å². The fourth-order valence-electron chi connectivity index (χ4n) is 4.28. The zero-order chi connectivity index (χ0) is 22.6. The lowest BCUT2D eigenvalue weighted by atomic mass is 9.83. The van der Waals surface area contributed by atoms with Gasteiger partial charge in [-0.15, -0.1) is 16.5 Å². The van der Waals surface area contributed by atoms with Crippen LogP contribution in [-0.4, -0.2) is 65.5 Å². The van der Waals surface area contributed by atoms with E-state index in [1.807, 2.05) is 19.9 Å². The molecule has 0 aromatic carbocycles. The number of amides is 1. The van der Waals surface area contributed by atoms with Crippen molar-refractivity contribution >= 4 is 28.9 Å². The van der Waals surface area contributed by atoms with Gasteiger partial charge in [-0.05, 0) is 38.7 Å². The number of nitrogens with two attached hydrogens (primary N) is 1. The first-order valence-electron chi connectivity index (χ1n) is 10.6. The Hall–Kier alpha value is -1.85. The lowest BCUT2D eigenvalue weighted by Gasteiger charge is -2.39. The van der Waals surface area contributed by atoms with Crippen LogP contribution in [-0.2, 0) is 4.79 Å². The molecule has 1 aromatic heterocycles. The Morgan fingerprint density at radius 3 is 2.61 bits per heavy atom. The molecule has 6 N–H and O–H groups in total. The van der Waals surface area contributed by atoms with Crippen molar-refractivity contribution in [1.29, 1.82) is 0 Å². The highest BCUT2D eigenvalue weighted by molar-refractivity contribution is 6.21. The highest BCUT2D eigenvalue weighted by Crippen LogP contribution is 2.33. The highest BCUT2D eigenvalue weighted by Gasteiger charge is 2.37. The molecule has 3 rings (SSSR count). The Kier molecular flexibility index (Phi) is 7.82. The summed E-state index contributed by atoms with van der Waals surface area (Å²) >= 11 is 6.08. The Morgan fingerprint density at radius 2 is 2.03 bits per heavy atom. The van der Waals surface area contributed by atoms with E-state index in [1.165, 1.54) is 0 Å². The summed E-state index contributed by atoms with van der Waals surface area (Å²) in [6.45, 7) is 6.17. The number of nitrogens with zero attached hydrogens (tertiary/aromatic N) is 3. The Balaban J connectivity index is 1.73. The molecule has 0 radical (unpaired) electrons. The molecule has 31 heavy (non-hydrogen) atoms. The molecule has 0 bridgehead atoms. The molecule has 2 fully saturated rings. The van der Waals surface area contributed by atoms with Crippen molar-refractivity contribution in [2.45, 2.75) is 50.0 Å². The van der Waals surface area contributed by atoms with Crippen LogP contribution in [0.25, 0.3) is 0 Å². The van der Waals surface area contributed by atoms with Crippen LogP contribution in [0, 0.1) is 16.7 Å². The van der Waals surface area contributed by atoms with Crippen LogP contribution in [0.2, 0.25) is 0 Å². The molecular formula is C20H32ClN7O3. The number of alkyl halides is 1. The number of nitrogens with one attached hydrogen (secondary N) is 3. The number of aliphatic hydroxyl groups is 1. The summed E-state index contributed by atoms with van der Waals surface area (Å²) in [6.07, 6.45) is 3.20. The molecule has 2 unspecified atom stereocenters. The van der Waals surface area contributed by atoms with E-state index in [1.54, 1.807) is 12.4 Å². The monoisotopic (exact) mass is 453 g/mol. The van der Waals surface area contributed by atoms with Gasteiger partial charge in [-0.25, -0.2) is 0 Å². The van der Waals surface area contributed by atoms with E-state index in [2.05, 4.69) is 31.0 Å². The minimum atomic E-state index is -1.22. The van der Waals surface area contributed by atoms with Gasteiger partial charge in [-0.3, -0.25) is 20.4 Å². The fourth-order valence-corrected chi connectivity index (χ4v) is 4.46. The second-order valence-electron chi connectivity index (χ2n) is 8.81. The van der Waals surface area contributed by atoms with Crippen molar-refractivity contribution in [2.24, 2.45) is 22.7 Å². The van der Waals surface area contributed by atoms with Crippen LogP contribution in [0.3, 0.4) is 0 Å². The molecule has 172 valence electrons. The van der Waals surface area contributed by atoms with Crippen molar-refractivity contribution in [2.75, 3.05) is 36.4 Å². The summed E-state index contributed by atoms with van der Waals surface area (Å²) in [4.78, 5) is 30.6. The maximum atomic E-state index is 13.1. The standard InChI is InChI=1S/C20H32ClN7O3/c1-20(2,30)12-4-7-28(8-5-12)15-3-6-23-11-14(15)26-19(29)16(17(22)27-31)18-24-9-13(21)10-25-18/h3,6,11-13,16-18,24-25,30H,4-5,7-10,22H2,1-2H3,(H,26,29). The SMILES string of the molecule is CC(C)(O)C1CCN(c2ccncc2NC(=O)C(C(N)N=O)C2NCC(Cl)CN2)CC1. The van der Waals surface area contributed by atoms with Crippen LogP contribution in [0.5, 0.6) is 0 Å². The summed E-state index contributed by atoms with van der Waals surface area (Å²) in [5.41, 5.74) is 6.54. The summed E-state index contributed by atoms with van der Waals surface area (Å²) < 4.78 is 0. The maximum absolute atomic E-state index is 13.1. The van der Waals surface area contributed by atoms with Gasteiger partial charge in [0.15, 0.2) is 6.17 Å². The van der Waals surface area contributed by atoms with E-state index in [0.717, 1.165) is 31.6 Å². The first kappa shape index (κ1) is 23.8. The number of halogens is 1. The molecular weight excluding hydrogens is 422 g/mol. The number of pyridine rings is 1. The quantitative estimate of drug-likeness (QED) is 0.301. The van der Waals surface area contributed by atoms with Gasteiger partial charge >= 0.3 is 0 Å². The molecule has 2 saturated heterocycles. The van der Waals surface area contributed by atoms with E-state index >= 15 is 0 Å². The maximum Gasteiger partial charge on any atom is 0.234 e. The summed E-state index contributed by atoms with van der Waals surface area (Å²) in [6, 6.07) is 1.85. The summed E-state index contributed by atoms with van der Waals surface area (Å²) in [5, 5.41) is 22.2. The zero-order valence-corrected chi connectivity index (χ0v) is 18.7. The van der Waals surface area contributed by atoms with Crippen molar-refractivity contribution in [1.82, 2.24) is 15.6 Å². The van der Waals surface area contributed by atoms with Gasteiger partial charge in [0.1, 0.15) is 5.92 Å². The average Bonchev–Trinajstić information content (AvgIpc) is 2.75. The highest BCUT2D eigenvalue weighted by atomic mass is 35.5. The first-order chi connectivity index (χ1) is 14.7. The van der Waals surface area contributed by atoms with Crippen LogP contribution >= 0.6 is 11.6 Å². The molecule has 2 aliphatic rings. The lowest BCUT2D eigenvalue weighted by molar-refractivity contribution is -0.121. The van der Waals surface area contributed by atoms with E-state index in [0.29, 0.717) is 18.8 Å². The largest absolute Gasteiger partial charge is 0.390 e. The molecule has 2 atom stereocenters. The smallest absolute Gasteiger partial charge is 0.234 e. The van der Waals surface area contributed by atoms with E-state index in [4.69, 9.17) is 17.3 Å². The number of carbonyl (C=O) groups is 1. The lowest BCUT2D eigenvalue weighted by Crippen LogP contribution is -2.62. The summed E-state index contributed by atoms with van der Waals surface area (Å²) in [7, 11) is 0. The van der Waals surface area contributed by atoms with E-state index in [-0.39, 0.29) is 11.3 Å². The first-order valence-corrected chi connectivity index (χ1v) is 11.1. The normalized spacial score (nSPS) is 25.0. The minimum Gasteiger partial charge on any atom is -0.390 e. The third kappa shape index (κ3) is 5.89. The topological polar surface area (TPSA) is 145 Å². The van der Waals surface area contributed by atoms with Gasteiger partial charge in [0.25, 0.3) is 0 Å². The number of carbonyl (C=O) groups excluding carboxylic acids is 1. The molecule has 11 heteroatoms. The van der Waals surface area contributed by atoms with Gasteiger partial charge < -0.3 is 21.1 Å². The zero-order valence-electron chi connectivity index (χ0n) is 17.9. The molecule has 1 amide bonds. The Bertz CT molecular complexity index is 759. The fraction of sp³-hybridized carbons (Fsp3) is 0.700. The van der Waals surface area contributed by atoms with Crippen LogP contribution in [0.1, 0.15) is 26.7 Å². The van der Waals surface area contributed by atoms with Gasteiger partial charge in [0.05, 0.1) is 34.7 Å². The number of aromatic nitrogens is 1. The van der Waals surface area contributed by atoms with Gasteiger partial charge in [0.2, 0.25) is 5.91 Å². The second kappa shape index (κ2) is 10.2. The predicted molar refractivity (Wildman–Crippen MR) is 121 cm³/mol. The van der Waals surface area contributed by atoms with E-state index < -0.39 is 29.8 Å². The molecule has 0 saturated carbocycles. The number of rotatable bonds is 7. The third-order valence-corrected chi connectivity index (χ3v) is 6.47. The number of hydrogen-bond acceptors (Lipinski definition) is 9.